The first-order valence-electron chi connectivity index (χ1n) is 15.3. The molecule has 1 radical (unpaired) electrons. The second-order valence-corrected chi connectivity index (χ2v) is 11.9. The minimum absolute atomic E-state index is 0.261. The van der Waals surface area contributed by atoms with E-state index in [1.54, 1.807) is 18.3 Å². The van der Waals surface area contributed by atoms with E-state index < -0.39 is 17.1 Å². The molecule has 2 amide bonds. The predicted octanol–water partition coefficient (Wildman–Crippen LogP) is 6.02. The molecule has 11 heteroatoms. The van der Waals surface area contributed by atoms with E-state index in [0.29, 0.717) is 41.4 Å². The van der Waals surface area contributed by atoms with Crippen molar-refractivity contribution in [2.75, 3.05) is 13.1 Å². The van der Waals surface area contributed by atoms with E-state index in [-0.39, 0.29) is 24.1 Å². The van der Waals surface area contributed by atoms with Crippen LogP contribution >= 0.6 is 20.3 Å². The number of carbonyl (C=O) groups excluding carboxylic acids is 2. The van der Waals surface area contributed by atoms with Gasteiger partial charge in [0, 0.05) is 62.0 Å². The van der Waals surface area contributed by atoms with Crippen molar-refractivity contribution in [3.8, 4) is 11.1 Å². The van der Waals surface area contributed by atoms with Crippen molar-refractivity contribution in [2.45, 2.75) is 70.6 Å². The van der Waals surface area contributed by atoms with Gasteiger partial charge in [0.1, 0.15) is 17.0 Å². The number of amides is 2. The molecule has 3 atom stereocenters. The standard InChI is InChI=1S/C32H32FN5O3.C2H6.ISe/c1-19-25(17-37(3)36-19)21-6-4-20(5-7-21)16-38-13-12-32(31(2,18-38)41-32)26-9-10-27-24(29(26)33)14-22(15-34-27)23-8-11-28(39)35-30(23)40;2*1-2/h4-7,9-10,14-15,17,23H,8,11-13,16,18H2,1-3H3,(H,35,39,40);1-2H3;. The molecule has 45 heavy (non-hydrogen) atoms. The van der Waals surface area contributed by atoms with Crippen LogP contribution in [0.15, 0.2) is 54.9 Å². The van der Waals surface area contributed by atoms with E-state index in [4.69, 9.17) is 4.74 Å². The number of ether oxygens (including phenoxy) is 1. The van der Waals surface area contributed by atoms with Crippen molar-refractivity contribution < 1.29 is 18.7 Å². The molecule has 1 N–H and O–H groups in total. The number of likely N-dealkylation sites (tertiary alicyclic amines) is 1. The number of carbonyl (C=O) groups is 2. The number of hydrogen-bond donors (Lipinski definition) is 1. The zero-order chi connectivity index (χ0) is 32.5. The molecule has 4 aromatic rings. The van der Waals surface area contributed by atoms with Crippen molar-refractivity contribution >= 4 is 55.8 Å². The zero-order valence-corrected chi connectivity index (χ0v) is 30.1. The van der Waals surface area contributed by atoms with Crippen molar-refractivity contribution in [3.05, 3.63) is 83.1 Å². The van der Waals surface area contributed by atoms with E-state index in [2.05, 4.69) is 64.3 Å². The fraction of sp³-hybridized carbons (Fsp3) is 0.412. The minimum atomic E-state index is -0.686. The van der Waals surface area contributed by atoms with Crippen molar-refractivity contribution in [1.29, 1.82) is 0 Å². The number of rotatable bonds is 5. The number of aryl methyl sites for hydroxylation is 2. The van der Waals surface area contributed by atoms with Gasteiger partial charge in [-0.3, -0.25) is 29.5 Å². The Morgan fingerprint density at radius 3 is 2.53 bits per heavy atom. The van der Waals surface area contributed by atoms with Gasteiger partial charge in [0.2, 0.25) is 11.8 Å². The molecule has 0 bridgehead atoms. The third-order valence-corrected chi connectivity index (χ3v) is 9.10. The Kier molecular flexibility index (Phi) is 10.2. The quantitative estimate of drug-likeness (QED) is 0.115. The topological polar surface area (TPSA) is 92.7 Å². The van der Waals surface area contributed by atoms with Crippen molar-refractivity contribution in [2.24, 2.45) is 7.05 Å². The zero-order valence-electron chi connectivity index (χ0n) is 26.2. The van der Waals surface area contributed by atoms with Crippen molar-refractivity contribution in [1.82, 2.24) is 25.0 Å². The summed E-state index contributed by atoms with van der Waals surface area (Å²) in [6.07, 6.45) is 4.99. The number of aromatic nitrogens is 3. The number of imide groups is 1. The van der Waals surface area contributed by atoms with E-state index in [9.17, 15) is 9.59 Å². The van der Waals surface area contributed by atoms with E-state index in [1.165, 1.54) is 5.56 Å². The van der Waals surface area contributed by atoms with Crippen LogP contribution < -0.4 is 5.32 Å². The molecule has 3 unspecified atom stereocenters. The monoisotopic (exact) mass is 790 g/mol. The SMILES string of the molecule is CC.Cc1nn(C)cc1-c1ccc(CN2CCC3(c4ccc5ncc(C6CCC(=O)NC6=O)cc5c4F)OC3(C)C2)cc1.[Se]I. The molecular weight excluding hydrogens is 751 g/mol. The molecular formula is C34H38FIN5O3Se. The summed E-state index contributed by atoms with van der Waals surface area (Å²) in [5, 5.41) is 7.20. The third kappa shape index (κ3) is 6.34. The van der Waals surface area contributed by atoms with Gasteiger partial charge in [-0.15, -0.1) is 0 Å². The van der Waals surface area contributed by atoms with Gasteiger partial charge in [0.15, 0.2) is 0 Å². The number of epoxide rings is 1. The normalized spacial score (nSPS) is 24.1. The van der Waals surface area contributed by atoms with E-state index in [1.807, 2.05) is 65.1 Å². The Balaban J connectivity index is 0.000000963. The first kappa shape index (κ1) is 33.7. The summed E-state index contributed by atoms with van der Waals surface area (Å²) in [5.74, 6) is -1.49. The molecule has 7 rings (SSSR count). The molecule has 8 nitrogen and oxygen atoms in total. The van der Waals surface area contributed by atoms with Crippen LogP contribution in [-0.2, 0) is 33.5 Å². The number of pyridine rings is 1. The summed E-state index contributed by atoms with van der Waals surface area (Å²) in [6.45, 7) is 10.4. The van der Waals surface area contributed by atoms with Gasteiger partial charge in [-0.1, -0.05) is 44.2 Å². The Morgan fingerprint density at radius 1 is 1.16 bits per heavy atom. The van der Waals surface area contributed by atoms with E-state index >= 15 is 4.39 Å². The van der Waals surface area contributed by atoms with Crippen LogP contribution in [0.25, 0.3) is 22.0 Å². The average Bonchev–Trinajstić information content (AvgIpc) is 3.53. The summed E-state index contributed by atoms with van der Waals surface area (Å²) in [5.41, 5.74) is 5.03. The maximum atomic E-state index is 16.2. The summed E-state index contributed by atoms with van der Waals surface area (Å²) < 4.78 is 24.4. The summed E-state index contributed by atoms with van der Waals surface area (Å²) in [7, 11) is 1.93. The number of hydrogen-bond acceptors (Lipinski definition) is 6. The van der Waals surface area contributed by atoms with Crippen LogP contribution in [0.4, 0.5) is 4.39 Å². The van der Waals surface area contributed by atoms with Crippen LogP contribution in [0.2, 0.25) is 0 Å². The van der Waals surface area contributed by atoms with Crippen LogP contribution in [0.5, 0.6) is 0 Å². The number of piperidine rings is 2. The average molecular weight is 790 g/mol. The van der Waals surface area contributed by atoms with Gasteiger partial charge in [0.25, 0.3) is 0 Å². The Hall–Kier alpha value is -2.70. The number of nitrogens with one attached hydrogen (secondary N) is 1. The molecule has 2 aromatic heterocycles. The number of benzene rings is 2. The third-order valence-electron chi connectivity index (χ3n) is 9.10. The molecule has 3 aliphatic rings. The van der Waals surface area contributed by atoms with E-state index in [0.717, 1.165) is 29.9 Å². The Bertz CT molecular complexity index is 1730. The number of halogens is 2. The van der Waals surface area contributed by atoms with Gasteiger partial charge >= 0.3 is 33.1 Å². The summed E-state index contributed by atoms with van der Waals surface area (Å²) in [4.78, 5) is 30.8. The molecule has 0 aliphatic carbocycles. The molecule has 5 heterocycles. The summed E-state index contributed by atoms with van der Waals surface area (Å²) >= 11 is 4.62. The van der Waals surface area contributed by atoms with Gasteiger partial charge in [-0.2, -0.15) is 5.10 Å². The van der Waals surface area contributed by atoms with Gasteiger partial charge in [-0.25, -0.2) is 4.39 Å². The second kappa shape index (κ2) is 13.6. The van der Waals surface area contributed by atoms with Crippen molar-refractivity contribution in [3.63, 3.8) is 0 Å². The molecule has 3 saturated heterocycles. The molecule has 3 aliphatic heterocycles. The first-order valence-corrected chi connectivity index (χ1v) is 20.5. The molecule has 0 saturated carbocycles. The molecule has 2 aromatic carbocycles. The summed E-state index contributed by atoms with van der Waals surface area (Å²) in [6, 6.07) is 14.0. The molecule has 0 spiro atoms. The molecule has 237 valence electrons. The van der Waals surface area contributed by atoms with Gasteiger partial charge < -0.3 is 4.74 Å². The van der Waals surface area contributed by atoms with Crippen LogP contribution in [0.3, 0.4) is 0 Å². The number of nitrogens with zero attached hydrogens (tertiary/aromatic N) is 4. The molecule has 3 fully saturated rings. The van der Waals surface area contributed by atoms with Crippen LogP contribution in [0.1, 0.15) is 68.3 Å². The Labute approximate surface area is 283 Å². The van der Waals surface area contributed by atoms with Gasteiger partial charge in [-0.05, 0) is 55.5 Å². The fourth-order valence-corrected chi connectivity index (χ4v) is 6.89. The van der Waals surface area contributed by atoms with Crippen LogP contribution in [0, 0.1) is 12.7 Å². The first-order chi connectivity index (χ1) is 21.7. The second-order valence-electron chi connectivity index (χ2n) is 11.9. The fourth-order valence-electron chi connectivity index (χ4n) is 6.89. The van der Waals surface area contributed by atoms with Gasteiger partial charge in [0.05, 0.1) is 17.1 Å². The van der Waals surface area contributed by atoms with Crippen LogP contribution in [-0.4, -0.2) is 62.9 Å². The maximum absolute atomic E-state index is 16.2. The predicted molar refractivity (Wildman–Crippen MR) is 182 cm³/mol. The number of fused-ring (bicyclic) bond motifs is 2. The Morgan fingerprint density at radius 2 is 1.89 bits per heavy atom.